The predicted molar refractivity (Wildman–Crippen MR) is 131 cm³/mol. The van der Waals surface area contributed by atoms with Gasteiger partial charge in [-0.25, -0.2) is 4.39 Å². The maximum Gasteiger partial charge on any atom is 0.392 e. The zero-order valence-electron chi connectivity index (χ0n) is 20.9. The van der Waals surface area contributed by atoms with E-state index in [4.69, 9.17) is 5.41 Å². The van der Waals surface area contributed by atoms with Gasteiger partial charge in [0.1, 0.15) is 17.2 Å². The molecule has 1 amide bonds. The standard InChI is InChI=1S/C28H33F4N3O/c1-4-13-34-25(36)24-21(28(30,31)32)9-10-23-26(24,2)12-11-18-14-22(17(16-33)15-27(18,23)3)35-20-7-5-19(29)6-8-20/h5-8,10,14,16,21,24,33,35H,4,9,11-13,15H2,1-3H3,(H,34,36)/p+1/t21-,24-,26+,27+/m1/s1. The van der Waals surface area contributed by atoms with Gasteiger partial charge in [-0.3, -0.25) is 10.1 Å². The quantitative estimate of drug-likeness (QED) is 0.197. The highest BCUT2D eigenvalue weighted by Crippen LogP contribution is 2.64. The van der Waals surface area contributed by atoms with Crippen LogP contribution in [0.1, 0.15) is 52.9 Å². The van der Waals surface area contributed by atoms with Crippen molar-refractivity contribution >= 4 is 17.8 Å². The van der Waals surface area contributed by atoms with Crippen LogP contribution in [-0.2, 0) is 4.79 Å². The molecule has 1 saturated carbocycles. The molecule has 0 radical (unpaired) electrons. The van der Waals surface area contributed by atoms with E-state index in [1.54, 1.807) is 18.2 Å². The smallest absolute Gasteiger partial charge is 0.356 e. The number of hydrogen-bond donors (Lipinski definition) is 3. The van der Waals surface area contributed by atoms with E-state index in [1.807, 2.05) is 32.2 Å². The Bertz CT molecular complexity index is 1130. The van der Waals surface area contributed by atoms with Crippen molar-refractivity contribution in [3.05, 3.63) is 64.7 Å². The maximum atomic E-state index is 14.1. The fourth-order valence-corrected chi connectivity index (χ4v) is 6.58. The minimum Gasteiger partial charge on any atom is -0.356 e. The number of hydrogen-bond acceptors (Lipinski definition) is 2. The average molecular weight is 505 g/mol. The van der Waals surface area contributed by atoms with Crippen LogP contribution in [0.5, 0.6) is 0 Å². The zero-order valence-corrected chi connectivity index (χ0v) is 20.9. The van der Waals surface area contributed by atoms with Gasteiger partial charge in [-0.15, -0.1) is 0 Å². The van der Waals surface area contributed by atoms with Crippen LogP contribution in [0.2, 0.25) is 0 Å². The third-order valence-electron chi connectivity index (χ3n) is 8.36. The monoisotopic (exact) mass is 504 g/mol. The highest BCUT2D eigenvalue weighted by atomic mass is 19.4. The van der Waals surface area contributed by atoms with Gasteiger partial charge in [-0.05, 0) is 50.3 Å². The first-order valence-corrected chi connectivity index (χ1v) is 12.5. The minimum atomic E-state index is -4.47. The summed E-state index contributed by atoms with van der Waals surface area (Å²) in [4.78, 5) is 13.2. The molecule has 1 aromatic carbocycles. The van der Waals surface area contributed by atoms with Gasteiger partial charge in [0.25, 0.3) is 0 Å². The SMILES string of the molecule is CCCNC(=O)[C@H]1[C@H](C(F)(F)F)CC=C2[C@@]3(C)CC(C=N)=C([NH2+]c4ccc(F)cc4)C=C3CC[C@@]21C. The molecule has 1 fully saturated rings. The number of amides is 1. The lowest BCUT2D eigenvalue weighted by molar-refractivity contribution is -0.513. The Hall–Kier alpha value is -2.74. The summed E-state index contributed by atoms with van der Waals surface area (Å²) in [5.74, 6) is -3.76. The number of quaternary nitrogens is 1. The Labute approximate surface area is 209 Å². The summed E-state index contributed by atoms with van der Waals surface area (Å²) in [6.07, 6.45) is 2.50. The molecule has 3 aliphatic carbocycles. The van der Waals surface area contributed by atoms with Gasteiger partial charge in [0, 0.05) is 41.3 Å². The normalized spacial score (nSPS) is 30.1. The lowest BCUT2D eigenvalue weighted by Crippen LogP contribution is -2.76. The summed E-state index contributed by atoms with van der Waals surface area (Å²) in [5, 5.41) is 12.7. The molecular weight excluding hydrogens is 470 g/mol. The molecule has 0 saturated heterocycles. The molecular formula is C28H34F4N3O+. The van der Waals surface area contributed by atoms with Crippen molar-refractivity contribution in [1.82, 2.24) is 5.32 Å². The summed E-state index contributed by atoms with van der Waals surface area (Å²) >= 11 is 0. The van der Waals surface area contributed by atoms with Gasteiger partial charge in [-0.2, -0.15) is 13.2 Å². The van der Waals surface area contributed by atoms with Crippen LogP contribution < -0.4 is 10.6 Å². The molecule has 1 aromatic rings. The van der Waals surface area contributed by atoms with E-state index >= 15 is 0 Å². The van der Waals surface area contributed by atoms with Gasteiger partial charge >= 0.3 is 6.18 Å². The van der Waals surface area contributed by atoms with Crippen LogP contribution in [0.25, 0.3) is 0 Å². The number of nitrogens with one attached hydrogen (secondary N) is 2. The third kappa shape index (κ3) is 4.56. The van der Waals surface area contributed by atoms with Gasteiger partial charge in [0.15, 0.2) is 0 Å². The van der Waals surface area contributed by atoms with E-state index in [1.165, 1.54) is 18.3 Å². The van der Waals surface area contributed by atoms with Gasteiger partial charge in [0.05, 0.1) is 11.8 Å². The lowest BCUT2D eigenvalue weighted by Gasteiger charge is -2.56. The largest absolute Gasteiger partial charge is 0.392 e. The van der Waals surface area contributed by atoms with Crippen molar-refractivity contribution in [3.8, 4) is 0 Å². The second-order valence-corrected chi connectivity index (χ2v) is 10.7. The molecule has 0 unspecified atom stereocenters. The molecule has 0 bridgehead atoms. The second-order valence-electron chi connectivity index (χ2n) is 10.7. The molecule has 0 aromatic heterocycles. The third-order valence-corrected chi connectivity index (χ3v) is 8.36. The molecule has 4 atom stereocenters. The summed E-state index contributed by atoms with van der Waals surface area (Å²) in [5.41, 5.74) is 2.90. The van der Waals surface area contributed by atoms with Crippen LogP contribution in [0, 0.1) is 33.9 Å². The second kappa shape index (κ2) is 9.61. The Morgan fingerprint density at radius 1 is 1.25 bits per heavy atom. The van der Waals surface area contributed by atoms with Gasteiger partial charge < -0.3 is 10.7 Å². The zero-order chi connectivity index (χ0) is 26.3. The topological polar surface area (TPSA) is 69.6 Å². The maximum absolute atomic E-state index is 14.1. The van der Waals surface area contributed by atoms with E-state index in [-0.39, 0.29) is 12.2 Å². The van der Waals surface area contributed by atoms with Crippen molar-refractivity contribution < 1.29 is 27.7 Å². The first-order valence-electron chi connectivity index (χ1n) is 12.5. The van der Waals surface area contributed by atoms with E-state index < -0.39 is 34.7 Å². The molecule has 3 aliphatic rings. The molecule has 4 rings (SSSR count). The molecule has 0 aliphatic heterocycles. The van der Waals surface area contributed by atoms with E-state index in [0.717, 1.165) is 28.1 Å². The number of carbonyl (C=O) groups is 1. The molecule has 8 heteroatoms. The van der Waals surface area contributed by atoms with Gasteiger partial charge in [-0.1, -0.05) is 38.0 Å². The molecule has 194 valence electrons. The van der Waals surface area contributed by atoms with Crippen LogP contribution in [0.4, 0.5) is 23.2 Å². The Balaban J connectivity index is 1.73. The number of allylic oxidation sites excluding steroid dienone is 5. The molecule has 0 spiro atoms. The van der Waals surface area contributed by atoms with Gasteiger partial charge in [0.2, 0.25) is 5.91 Å². The van der Waals surface area contributed by atoms with Crippen molar-refractivity contribution in [2.24, 2.45) is 22.7 Å². The minimum absolute atomic E-state index is 0.223. The van der Waals surface area contributed by atoms with E-state index in [9.17, 15) is 22.4 Å². The Kier molecular flexibility index (Phi) is 7.03. The summed E-state index contributed by atoms with van der Waals surface area (Å²) in [6, 6.07) is 6.12. The fraction of sp³-hybridized carbons (Fsp3) is 0.500. The lowest BCUT2D eigenvalue weighted by atomic mass is 9.47. The van der Waals surface area contributed by atoms with Crippen molar-refractivity contribution in [3.63, 3.8) is 0 Å². The first-order chi connectivity index (χ1) is 16.9. The van der Waals surface area contributed by atoms with Crippen molar-refractivity contribution in [1.29, 1.82) is 5.41 Å². The Morgan fingerprint density at radius 3 is 2.56 bits per heavy atom. The highest BCUT2D eigenvalue weighted by molar-refractivity contribution is 5.82. The summed E-state index contributed by atoms with van der Waals surface area (Å²) < 4.78 is 55.8. The fourth-order valence-electron chi connectivity index (χ4n) is 6.58. The van der Waals surface area contributed by atoms with Crippen molar-refractivity contribution in [2.45, 2.75) is 59.1 Å². The summed E-state index contributed by atoms with van der Waals surface area (Å²) in [7, 11) is 0. The first kappa shape index (κ1) is 26.3. The van der Waals surface area contributed by atoms with Crippen LogP contribution >= 0.6 is 0 Å². The van der Waals surface area contributed by atoms with Crippen molar-refractivity contribution in [2.75, 3.05) is 6.54 Å². The molecule has 36 heavy (non-hydrogen) atoms. The number of nitrogens with two attached hydrogens (primary N) is 1. The highest BCUT2D eigenvalue weighted by Gasteiger charge is 2.61. The summed E-state index contributed by atoms with van der Waals surface area (Å²) in [6.45, 7) is 6.08. The predicted octanol–water partition coefficient (Wildman–Crippen LogP) is 5.71. The average Bonchev–Trinajstić information content (AvgIpc) is 2.82. The number of fused-ring (bicyclic) bond motifs is 3. The number of rotatable bonds is 6. The van der Waals surface area contributed by atoms with E-state index in [0.29, 0.717) is 32.2 Å². The molecule has 0 heterocycles. The number of halogens is 4. The number of benzene rings is 1. The molecule has 4 N–H and O–H groups in total. The molecule has 4 nitrogen and oxygen atoms in total. The van der Waals surface area contributed by atoms with Crippen LogP contribution in [-0.4, -0.2) is 24.8 Å². The Morgan fingerprint density at radius 2 is 1.94 bits per heavy atom. The number of alkyl halides is 3. The van der Waals surface area contributed by atoms with E-state index in [2.05, 4.69) is 5.32 Å². The van der Waals surface area contributed by atoms with Crippen LogP contribution in [0.3, 0.4) is 0 Å². The number of carbonyl (C=O) groups excluding carboxylic acids is 1. The van der Waals surface area contributed by atoms with Crippen LogP contribution in [0.15, 0.2) is 58.8 Å².